The average Bonchev–Trinajstić information content (AvgIpc) is 2.72. The summed E-state index contributed by atoms with van der Waals surface area (Å²) >= 11 is 0. The van der Waals surface area contributed by atoms with Crippen LogP contribution in [-0.4, -0.2) is 25.0 Å². The maximum absolute atomic E-state index is 5.65. The number of hydrogen-bond donors (Lipinski definition) is 1. The van der Waals surface area contributed by atoms with Gasteiger partial charge in [-0.2, -0.15) is 5.48 Å². The molecule has 4 nitrogen and oxygen atoms in total. The minimum Gasteiger partial charge on any atom is -0.353 e. The van der Waals surface area contributed by atoms with E-state index >= 15 is 0 Å². The molecular weight excluding hydrogens is 230 g/mol. The Hall–Kier alpha value is -0.940. The van der Waals surface area contributed by atoms with Gasteiger partial charge in [0.15, 0.2) is 6.29 Å². The molecule has 1 aliphatic heterocycles. The second-order valence-electron chi connectivity index (χ2n) is 4.46. The molecule has 1 heterocycles. The second kappa shape index (κ2) is 6.85. The van der Waals surface area contributed by atoms with Crippen LogP contribution in [0.25, 0.3) is 0 Å². The summed E-state index contributed by atoms with van der Waals surface area (Å²) < 4.78 is 11.1. The van der Waals surface area contributed by atoms with Gasteiger partial charge in [-0.1, -0.05) is 30.3 Å². The van der Waals surface area contributed by atoms with Gasteiger partial charge >= 0.3 is 0 Å². The molecule has 0 amide bonds. The normalized spacial score (nSPS) is 27.6. The third-order valence-electron chi connectivity index (χ3n) is 3.05. The van der Waals surface area contributed by atoms with Crippen LogP contribution in [0.4, 0.5) is 0 Å². The number of hydroxylamine groups is 1. The van der Waals surface area contributed by atoms with Crippen molar-refractivity contribution < 1.29 is 14.3 Å². The lowest BCUT2D eigenvalue weighted by atomic mass is 10.2. The van der Waals surface area contributed by atoms with Crippen molar-refractivity contribution >= 4 is 0 Å². The van der Waals surface area contributed by atoms with E-state index in [2.05, 4.69) is 5.48 Å². The van der Waals surface area contributed by atoms with Gasteiger partial charge in [0.1, 0.15) is 0 Å². The smallest absolute Gasteiger partial charge is 0.159 e. The Morgan fingerprint density at radius 1 is 1.33 bits per heavy atom. The third kappa shape index (κ3) is 3.78. The van der Waals surface area contributed by atoms with E-state index in [9.17, 15) is 0 Å². The van der Waals surface area contributed by atoms with Crippen LogP contribution in [0.2, 0.25) is 0 Å². The van der Waals surface area contributed by atoms with E-state index in [1.165, 1.54) is 0 Å². The largest absolute Gasteiger partial charge is 0.353 e. The van der Waals surface area contributed by atoms with Crippen molar-refractivity contribution in [2.75, 3.05) is 6.61 Å². The minimum atomic E-state index is -0.108. The van der Waals surface area contributed by atoms with Gasteiger partial charge in [0, 0.05) is 13.0 Å². The van der Waals surface area contributed by atoms with Gasteiger partial charge in [0.05, 0.1) is 18.8 Å². The molecule has 3 atom stereocenters. The average molecular weight is 251 g/mol. The van der Waals surface area contributed by atoms with Crippen LogP contribution in [-0.2, 0) is 20.9 Å². The molecule has 0 spiro atoms. The standard InChI is InChI=1S/C14H21NO3/c1-3-16-14-9-13(11(2)18-14)15-17-10-12-7-5-4-6-8-12/h4-8,11,13-15H,3,9-10H2,1-2H3/t11-,13+,14+/m0/s1. The van der Waals surface area contributed by atoms with Gasteiger partial charge < -0.3 is 9.47 Å². The summed E-state index contributed by atoms with van der Waals surface area (Å²) in [5.74, 6) is 0. The SMILES string of the molecule is CCO[C@H]1C[C@@H](NOCc2ccccc2)[C@H](C)O1. The zero-order valence-electron chi connectivity index (χ0n) is 11.0. The van der Waals surface area contributed by atoms with Gasteiger partial charge in [-0.05, 0) is 19.4 Å². The topological polar surface area (TPSA) is 39.7 Å². The first-order valence-electron chi connectivity index (χ1n) is 6.48. The van der Waals surface area contributed by atoms with Crippen molar-refractivity contribution in [3.63, 3.8) is 0 Å². The fourth-order valence-electron chi connectivity index (χ4n) is 2.03. The maximum atomic E-state index is 5.65. The molecule has 1 fully saturated rings. The molecule has 2 rings (SSSR count). The Morgan fingerprint density at radius 2 is 2.11 bits per heavy atom. The molecule has 0 bridgehead atoms. The van der Waals surface area contributed by atoms with E-state index in [1.54, 1.807) is 0 Å². The van der Waals surface area contributed by atoms with Crippen molar-refractivity contribution in [2.45, 2.75) is 45.3 Å². The van der Waals surface area contributed by atoms with Crippen molar-refractivity contribution in [3.8, 4) is 0 Å². The zero-order chi connectivity index (χ0) is 12.8. The molecule has 0 unspecified atom stereocenters. The van der Waals surface area contributed by atoms with Gasteiger partial charge in [-0.3, -0.25) is 4.84 Å². The summed E-state index contributed by atoms with van der Waals surface area (Å²) in [6.45, 7) is 5.24. The van der Waals surface area contributed by atoms with Gasteiger partial charge in [0.25, 0.3) is 0 Å². The lowest BCUT2D eigenvalue weighted by Gasteiger charge is -2.15. The van der Waals surface area contributed by atoms with Gasteiger partial charge in [-0.15, -0.1) is 0 Å². The van der Waals surface area contributed by atoms with Crippen LogP contribution >= 0.6 is 0 Å². The fourth-order valence-corrected chi connectivity index (χ4v) is 2.03. The first kappa shape index (κ1) is 13.5. The highest BCUT2D eigenvalue weighted by Gasteiger charge is 2.32. The second-order valence-corrected chi connectivity index (χ2v) is 4.46. The number of benzene rings is 1. The highest BCUT2D eigenvalue weighted by molar-refractivity contribution is 5.13. The molecule has 1 aromatic carbocycles. The Bertz CT molecular complexity index is 344. The van der Waals surface area contributed by atoms with E-state index in [0.717, 1.165) is 12.0 Å². The molecule has 0 aromatic heterocycles. The number of hydrogen-bond acceptors (Lipinski definition) is 4. The highest BCUT2D eigenvalue weighted by Crippen LogP contribution is 2.21. The Labute approximate surface area is 108 Å². The molecule has 1 aliphatic rings. The van der Waals surface area contributed by atoms with E-state index in [-0.39, 0.29) is 18.4 Å². The highest BCUT2D eigenvalue weighted by atomic mass is 16.7. The fraction of sp³-hybridized carbons (Fsp3) is 0.571. The molecule has 1 N–H and O–H groups in total. The number of ether oxygens (including phenoxy) is 2. The van der Waals surface area contributed by atoms with E-state index < -0.39 is 0 Å². The molecule has 0 aliphatic carbocycles. The minimum absolute atomic E-state index is 0.108. The van der Waals surface area contributed by atoms with Crippen molar-refractivity contribution in [1.82, 2.24) is 5.48 Å². The van der Waals surface area contributed by atoms with Crippen LogP contribution in [0.3, 0.4) is 0 Å². The number of nitrogens with one attached hydrogen (secondary N) is 1. The molecule has 4 heteroatoms. The summed E-state index contributed by atoms with van der Waals surface area (Å²) in [6.07, 6.45) is 0.823. The molecule has 1 aromatic rings. The van der Waals surface area contributed by atoms with Crippen molar-refractivity contribution in [2.24, 2.45) is 0 Å². The van der Waals surface area contributed by atoms with Crippen LogP contribution in [0.1, 0.15) is 25.8 Å². The van der Waals surface area contributed by atoms with Gasteiger partial charge in [-0.25, -0.2) is 0 Å². The molecular formula is C14H21NO3. The van der Waals surface area contributed by atoms with E-state index in [0.29, 0.717) is 13.2 Å². The number of rotatable bonds is 6. The monoisotopic (exact) mass is 251 g/mol. The Morgan fingerprint density at radius 3 is 2.83 bits per heavy atom. The quantitative estimate of drug-likeness (QED) is 0.787. The first-order chi connectivity index (χ1) is 8.79. The van der Waals surface area contributed by atoms with E-state index in [1.807, 2.05) is 44.2 Å². The summed E-state index contributed by atoms with van der Waals surface area (Å²) in [6, 6.07) is 10.3. The molecule has 1 saturated heterocycles. The Balaban J connectivity index is 1.71. The van der Waals surface area contributed by atoms with Crippen LogP contribution in [0.5, 0.6) is 0 Å². The van der Waals surface area contributed by atoms with Crippen LogP contribution in [0.15, 0.2) is 30.3 Å². The van der Waals surface area contributed by atoms with Crippen molar-refractivity contribution in [3.05, 3.63) is 35.9 Å². The third-order valence-corrected chi connectivity index (χ3v) is 3.05. The summed E-state index contributed by atoms with van der Waals surface area (Å²) in [5, 5.41) is 0. The van der Waals surface area contributed by atoms with Crippen LogP contribution < -0.4 is 5.48 Å². The molecule has 100 valence electrons. The first-order valence-corrected chi connectivity index (χ1v) is 6.48. The predicted molar refractivity (Wildman–Crippen MR) is 68.7 cm³/mol. The molecule has 18 heavy (non-hydrogen) atoms. The molecule has 0 radical (unpaired) electrons. The summed E-state index contributed by atoms with van der Waals surface area (Å²) in [5.41, 5.74) is 4.21. The zero-order valence-corrected chi connectivity index (χ0v) is 11.0. The Kier molecular flexibility index (Phi) is 5.13. The van der Waals surface area contributed by atoms with Crippen LogP contribution in [0, 0.1) is 0 Å². The summed E-state index contributed by atoms with van der Waals surface area (Å²) in [4.78, 5) is 5.51. The lowest BCUT2D eigenvalue weighted by Crippen LogP contribution is -2.34. The van der Waals surface area contributed by atoms with E-state index in [4.69, 9.17) is 14.3 Å². The molecule has 0 saturated carbocycles. The van der Waals surface area contributed by atoms with Crippen molar-refractivity contribution in [1.29, 1.82) is 0 Å². The maximum Gasteiger partial charge on any atom is 0.159 e. The van der Waals surface area contributed by atoms with Gasteiger partial charge in [0.2, 0.25) is 0 Å². The summed E-state index contributed by atoms with van der Waals surface area (Å²) in [7, 11) is 0. The lowest BCUT2D eigenvalue weighted by molar-refractivity contribution is -0.127. The predicted octanol–water partition coefficient (Wildman–Crippen LogP) is 2.25.